The molecule has 1 aliphatic heterocycles. The van der Waals surface area contributed by atoms with E-state index in [1.165, 1.54) is 5.56 Å². The molecule has 4 nitrogen and oxygen atoms in total. The van der Waals surface area contributed by atoms with E-state index in [2.05, 4.69) is 61.0 Å². The van der Waals surface area contributed by atoms with Crippen LogP contribution in [0.2, 0.25) is 0 Å². The summed E-state index contributed by atoms with van der Waals surface area (Å²) in [6.45, 7) is 14.2. The van der Waals surface area contributed by atoms with E-state index in [0.29, 0.717) is 12.5 Å². The number of hydrogen-bond acceptors (Lipinski definition) is 3. The number of piperazine rings is 1. The third-order valence-corrected chi connectivity index (χ3v) is 4.47. The zero-order chi connectivity index (χ0) is 16.1. The maximum Gasteiger partial charge on any atom is 0.238 e. The molecule has 4 heteroatoms. The Morgan fingerprint density at radius 2 is 1.82 bits per heavy atom. The fraction of sp³-hybridized carbons (Fsp3) is 0.611. The molecule has 122 valence electrons. The zero-order valence-corrected chi connectivity index (χ0v) is 14.4. The molecule has 1 aromatic carbocycles. The normalized spacial score (nSPS) is 17.0. The van der Waals surface area contributed by atoms with Gasteiger partial charge < -0.3 is 10.2 Å². The first-order chi connectivity index (χ1) is 10.5. The number of carbonyl (C=O) groups is 1. The highest BCUT2D eigenvalue weighted by Crippen LogP contribution is 2.27. The number of nitrogens with zero attached hydrogens (tertiary/aromatic N) is 2. The minimum Gasteiger partial charge on any atom is -0.324 e. The molecule has 1 saturated heterocycles. The van der Waals surface area contributed by atoms with Crippen molar-refractivity contribution in [1.29, 1.82) is 0 Å². The van der Waals surface area contributed by atoms with Crippen molar-refractivity contribution in [3.63, 3.8) is 0 Å². The molecule has 0 bridgehead atoms. The first-order valence-electron chi connectivity index (χ1n) is 8.35. The van der Waals surface area contributed by atoms with Gasteiger partial charge in [-0.1, -0.05) is 39.0 Å². The van der Waals surface area contributed by atoms with Crippen molar-refractivity contribution in [1.82, 2.24) is 9.80 Å². The number of rotatable bonds is 5. The summed E-state index contributed by atoms with van der Waals surface area (Å²) in [5, 5.41) is 3.14. The zero-order valence-electron chi connectivity index (χ0n) is 14.4. The second kappa shape index (κ2) is 7.75. The minimum absolute atomic E-state index is 0.0983. The lowest BCUT2D eigenvalue weighted by molar-refractivity contribution is -0.117. The summed E-state index contributed by atoms with van der Waals surface area (Å²) in [7, 11) is 0. The smallest absolute Gasteiger partial charge is 0.238 e. The number of amides is 1. The number of benzene rings is 1. The highest BCUT2D eigenvalue weighted by Gasteiger charge is 2.19. The number of para-hydroxylation sites is 1. The van der Waals surface area contributed by atoms with E-state index in [4.69, 9.17) is 0 Å². The first-order valence-corrected chi connectivity index (χ1v) is 8.35. The second-order valence-electron chi connectivity index (χ2n) is 6.45. The third-order valence-electron chi connectivity index (χ3n) is 4.47. The van der Waals surface area contributed by atoms with Crippen molar-refractivity contribution < 1.29 is 4.79 Å². The van der Waals surface area contributed by atoms with Crippen LogP contribution in [0.25, 0.3) is 0 Å². The van der Waals surface area contributed by atoms with Gasteiger partial charge in [0.25, 0.3) is 0 Å². The molecule has 1 N–H and O–H groups in total. The molecule has 0 spiro atoms. The quantitative estimate of drug-likeness (QED) is 0.908. The van der Waals surface area contributed by atoms with Crippen LogP contribution in [0.1, 0.15) is 37.8 Å². The molecule has 22 heavy (non-hydrogen) atoms. The van der Waals surface area contributed by atoms with Crippen molar-refractivity contribution in [3.8, 4) is 0 Å². The highest BCUT2D eigenvalue weighted by atomic mass is 16.2. The third kappa shape index (κ3) is 4.31. The van der Waals surface area contributed by atoms with Gasteiger partial charge in [0.1, 0.15) is 0 Å². The predicted octanol–water partition coefficient (Wildman–Crippen LogP) is 2.69. The second-order valence-corrected chi connectivity index (χ2v) is 6.45. The lowest BCUT2D eigenvalue weighted by atomic mass is 9.98. The molecular weight excluding hydrogens is 274 g/mol. The van der Waals surface area contributed by atoms with Crippen molar-refractivity contribution in [2.75, 3.05) is 44.6 Å². The molecule has 0 aliphatic carbocycles. The van der Waals surface area contributed by atoms with Crippen molar-refractivity contribution in [2.45, 2.75) is 33.6 Å². The summed E-state index contributed by atoms with van der Waals surface area (Å²) < 4.78 is 0. The number of nitrogens with one attached hydrogen (secondary N) is 1. The van der Waals surface area contributed by atoms with Crippen LogP contribution in [0.4, 0.5) is 5.69 Å². The molecule has 0 unspecified atom stereocenters. The summed E-state index contributed by atoms with van der Waals surface area (Å²) in [5.74, 6) is 0.504. The Bertz CT molecular complexity index is 505. The van der Waals surface area contributed by atoms with Crippen LogP contribution in [0.5, 0.6) is 0 Å². The monoisotopic (exact) mass is 303 g/mol. The Hall–Kier alpha value is -1.39. The van der Waals surface area contributed by atoms with Gasteiger partial charge in [-0.25, -0.2) is 0 Å². The predicted molar refractivity (Wildman–Crippen MR) is 92.5 cm³/mol. The number of hydrogen-bond donors (Lipinski definition) is 1. The van der Waals surface area contributed by atoms with Crippen LogP contribution in [0.15, 0.2) is 18.2 Å². The van der Waals surface area contributed by atoms with Gasteiger partial charge in [0.2, 0.25) is 5.91 Å². The summed E-state index contributed by atoms with van der Waals surface area (Å²) in [6.07, 6.45) is 0. The number of anilines is 1. The molecule has 1 heterocycles. The van der Waals surface area contributed by atoms with E-state index in [0.717, 1.165) is 44.0 Å². The summed E-state index contributed by atoms with van der Waals surface area (Å²) in [5.41, 5.74) is 3.34. The van der Waals surface area contributed by atoms with Crippen LogP contribution in [0, 0.1) is 6.92 Å². The molecular formula is C18H29N3O. The number of aryl methyl sites for hydroxylation is 1. The van der Waals surface area contributed by atoms with Gasteiger partial charge >= 0.3 is 0 Å². The Balaban J connectivity index is 1.95. The standard InChI is InChI=1S/C18H29N3O/c1-5-20-9-11-21(12-10-20)13-17(22)19-18-15(4)7-6-8-16(18)14(2)3/h6-8,14H,5,9-13H2,1-4H3,(H,19,22). The van der Waals surface area contributed by atoms with E-state index >= 15 is 0 Å². The van der Waals surface area contributed by atoms with Crippen LogP contribution in [0.3, 0.4) is 0 Å². The molecule has 0 atom stereocenters. The van der Waals surface area contributed by atoms with E-state index in [-0.39, 0.29) is 5.91 Å². The molecule has 1 amide bonds. The lowest BCUT2D eigenvalue weighted by Crippen LogP contribution is -2.48. The summed E-state index contributed by atoms with van der Waals surface area (Å²) >= 11 is 0. The molecule has 1 fully saturated rings. The number of carbonyl (C=O) groups excluding carboxylic acids is 1. The van der Waals surface area contributed by atoms with Gasteiger partial charge in [0.05, 0.1) is 6.54 Å². The first kappa shape index (κ1) is 17.0. The van der Waals surface area contributed by atoms with Gasteiger partial charge in [-0.3, -0.25) is 9.69 Å². The maximum absolute atomic E-state index is 12.4. The fourth-order valence-corrected chi connectivity index (χ4v) is 2.99. The van der Waals surface area contributed by atoms with Crippen LogP contribution >= 0.6 is 0 Å². The highest BCUT2D eigenvalue weighted by molar-refractivity contribution is 5.93. The summed E-state index contributed by atoms with van der Waals surface area (Å²) in [4.78, 5) is 17.1. The largest absolute Gasteiger partial charge is 0.324 e. The van der Waals surface area contributed by atoms with Crippen LogP contribution < -0.4 is 5.32 Å². The molecule has 1 aliphatic rings. The van der Waals surface area contributed by atoms with E-state index in [9.17, 15) is 4.79 Å². The maximum atomic E-state index is 12.4. The molecule has 0 aromatic heterocycles. The lowest BCUT2D eigenvalue weighted by Gasteiger charge is -2.33. The summed E-state index contributed by atoms with van der Waals surface area (Å²) in [6, 6.07) is 6.22. The van der Waals surface area contributed by atoms with E-state index < -0.39 is 0 Å². The van der Waals surface area contributed by atoms with Crippen molar-refractivity contribution in [3.05, 3.63) is 29.3 Å². The van der Waals surface area contributed by atoms with Crippen molar-refractivity contribution >= 4 is 11.6 Å². The van der Waals surface area contributed by atoms with Crippen LogP contribution in [-0.2, 0) is 4.79 Å². The average molecular weight is 303 g/mol. The Morgan fingerprint density at radius 1 is 1.18 bits per heavy atom. The molecule has 1 aromatic rings. The topological polar surface area (TPSA) is 35.6 Å². The molecule has 0 saturated carbocycles. The van der Waals surface area contributed by atoms with E-state index in [1.807, 2.05) is 0 Å². The minimum atomic E-state index is 0.0983. The fourth-order valence-electron chi connectivity index (χ4n) is 2.99. The Labute approximate surface area is 134 Å². The Kier molecular flexibility index (Phi) is 5.98. The molecule has 0 radical (unpaired) electrons. The van der Waals surface area contributed by atoms with Crippen molar-refractivity contribution in [2.24, 2.45) is 0 Å². The Morgan fingerprint density at radius 3 is 2.41 bits per heavy atom. The van der Waals surface area contributed by atoms with Gasteiger partial charge in [0.15, 0.2) is 0 Å². The van der Waals surface area contributed by atoms with E-state index in [1.54, 1.807) is 0 Å². The van der Waals surface area contributed by atoms with Gasteiger partial charge in [-0.05, 0) is 30.5 Å². The number of likely N-dealkylation sites (N-methyl/N-ethyl adjacent to an activating group) is 1. The van der Waals surface area contributed by atoms with Gasteiger partial charge in [-0.2, -0.15) is 0 Å². The SMILES string of the molecule is CCN1CCN(CC(=O)Nc2c(C)cccc2C(C)C)CC1. The average Bonchev–Trinajstić information content (AvgIpc) is 2.49. The van der Waals surface area contributed by atoms with Gasteiger partial charge in [0, 0.05) is 31.9 Å². The van der Waals surface area contributed by atoms with Gasteiger partial charge in [-0.15, -0.1) is 0 Å². The molecule has 2 rings (SSSR count). The van der Waals surface area contributed by atoms with Crippen LogP contribution in [-0.4, -0.2) is 55.0 Å².